The maximum Gasteiger partial charge on any atom is 0.311 e. The third-order valence-corrected chi connectivity index (χ3v) is 2.95. The largest absolute Gasteiger partial charge is 0.484 e. The van der Waals surface area contributed by atoms with E-state index in [4.69, 9.17) is 4.74 Å². The number of ether oxygens (including phenoxy) is 1. The highest BCUT2D eigenvalue weighted by atomic mass is 16.6. The number of nitro groups is 1. The van der Waals surface area contributed by atoms with E-state index in [2.05, 4.69) is 5.32 Å². The van der Waals surface area contributed by atoms with Crippen LogP contribution in [0.25, 0.3) is 0 Å². The minimum atomic E-state index is -0.819. The van der Waals surface area contributed by atoms with Crippen LogP contribution in [0.2, 0.25) is 0 Å². The van der Waals surface area contributed by atoms with Crippen molar-refractivity contribution in [2.45, 2.75) is 45.8 Å². The molecule has 0 heterocycles. The maximum atomic E-state index is 10.9. The summed E-state index contributed by atoms with van der Waals surface area (Å²) in [5, 5.41) is 23.9. The van der Waals surface area contributed by atoms with Crippen LogP contribution in [0.1, 0.15) is 34.1 Å². The Hall–Kier alpha value is -1.82. The molecule has 1 rings (SSSR count). The minimum absolute atomic E-state index is 0.0634. The van der Waals surface area contributed by atoms with Crippen molar-refractivity contribution in [3.8, 4) is 5.75 Å². The van der Waals surface area contributed by atoms with E-state index in [-0.39, 0.29) is 17.5 Å². The molecule has 0 radical (unpaired) electrons. The first-order valence-electron chi connectivity index (χ1n) is 6.66. The zero-order valence-electron chi connectivity index (χ0n) is 12.3. The molecular formula is C14H22N2O4. The smallest absolute Gasteiger partial charge is 0.311 e. The molecule has 1 aromatic carbocycles. The van der Waals surface area contributed by atoms with Gasteiger partial charge < -0.3 is 15.2 Å². The number of nitrogens with zero attached hydrogens (tertiary/aromatic N) is 1. The molecule has 1 aromatic rings. The Balaban J connectivity index is 2.92. The summed E-state index contributed by atoms with van der Waals surface area (Å²) in [6, 6.07) is 4.60. The van der Waals surface area contributed by atoms with Gasteiger partial charge in [0.2, 0.25) is 0 Å². The van der Waals surface area contributed by atoms with Crippen LogP contribution in [-0.2, 0) is 0 Å². The quantitative estimate of drug-likeness (QED) is 0.593. The van der Waals surface area contributed by atoms with Crippen molar-refractivity contribution in [1.82, 2.24) is 0 Å². The van der Waals surface area contributed by atoms with Crippen molar-refractivity contribution in [3.63, 3.8) is 0 Å². The summed E-state index contributed by atoms with van der Waals surface area (Å²) in [4.78, 5) is 10.5. The normalized spacial score (nSPS) is 13.9. The lowest BCUT2D eigenvalue weighted by atomic mass is 10.0. The molecule has 112 valence electrons. The van der Waals surface area contributed by atoms with E-state index in [1.807, 2.05) is 20.8 Å². The SMILES string of the molecule is CCC(C)(O)CNc1ccc([N+](=O)[O-])c(OC(C)C)c1. The summed E-state index contributed by atoms with van der Waals surface area (Å²) in [5.41, 5.74) is -0.201. The van der Waals surface area contributed by atoms with Gasteiger partial charge in [-0.3, -0.25) is 10.1 Å². The fraction of sp³-hybridized carbons (Fsp3) is 0.571. The number of aliphatic hydroxyl groups is 1. The number of rotatable bonds is 7. The average molecular weight is 282 g/mol. The standard InChI is InChI=1S/C14H22N2O4/c1-5-14(4,17)9-15-11-6-7-12(16(18)19)13(8-11)20-10(2)3/h6-8,10,15,17H,5,9H2,1-4H3. The fourth-order valence-electron chi connectivity index (χ4n) is 1.54. The van der Waals surface area contributed by atoms with E-state index in [1.165, 1.54) is 6.07 Å². The van der Waals surface area contributed by atoms with Crippen molar-refractivity contribution in [2.75, 3.05) is 11.9 Å². The Morgan fingerprint density at radius 3 is 2.65 bits per heavy atom. The third-order valence-electron chi connectivity index (χ3n) is 2.95. The Kier molecular flexibility index (Phi) is 5.33. The molecule has 1 unspecified atom stereocenters. The van der Waals surface area contributed by atoms with Crippen LogP contribution in [-0.4, -0.2) is 28.3 Å². The molecule has 6 nitrogen and oxygen atoms in total. The zero-order chi connectivity index (χ0) is 15.3. The molecule has 0 spiro atoms. The zero-order valence-corrected chi connectivity index (χ0v) is 12.3. The molecule has 0 fully saturated rings. The molecular weight excluding hydrogens is 260 g/mol. The molecule has 0 aromatic heterocycles. The highest BCUT2D eigenvalue weighted by molar-refractivity contribution is 5.58. The molecule has 0 amide bonds. The molecule has 0 saturated carbocycles. The Morgan fingerprint density at radius 1 is 1.50 bits per heavy atom. The highest BCUT2D eigenvalue weighted by Gasteiger charge is 2.19. The Bertz CT molecular complexity index is 472. The fourth-order valence-corrected chi connectivity index (χ4v) is 1.54. The van der Waals surface area contributed by atoms with Gasteiger partial charge in [-0.05, 0) is 33.3 Å². The van der Waals surface area contributed by atoms with Crippen molar-refractivity contribution < 1.29 is 14.8 Å². The summed E-state index contributed by atoms with van der Waals surface area (Å²) >= 11 is 0. The van der Waals surface area contributed by atoms with E-state index in [9.17, 15) is 15.2 Å². The molecule has 0 aliphatic rings. The van der Waals surface area contributed by atoms with Crippen molar-refractivity contribution in [1.29, 1.82) is 0 Å². The maximum absolute atomic E-state index is 10.9. The Morgan fingerprint density at radius 2 is 2.15 bits per heavy atom. The van der Waals surface area contributed by atoms with Crippen LogP contribution in [0.3, 0.4) is 0 Å². The van der Waals surface area contributed by atoms with E-state index < -0.39 is 10.5 Å². The third kappa shape index (κ3) is 4.70. The van der Waals surface area contributed by atoms with E-state index in [0.29, 0.717) is 18.7 Å². The lowest BCUT2D eigenvalue weighted by Crippen LogP contribution is -2.32. The second-order valence-corrected chi connectivity index (χ2v) is 5.31. The number of hydrogen-bond acceptors (Lipinski definition) is 5. The van der Waals surface area contributed by atoms with Crippen molar-refractivity contribution in [3.05, 3.63) is 28.3 Å². The summed E-state index contributed by atoms with van der Waals surface area (Å²) in [6.07, 6.45) is 0.463. The molecule has 0 saturated heterocycles. The van der Waals surface area contributed by atoms with Gasteiger partial charge in [-0.2, -0.15) is 0 Å². The van der Waals surface area contributed by atoms with Crippen molar-refractivity contribution >= 4 is 11.4 Å². The van der Waals surface area contributed by atoms with E-state index >= 15 is 0 Å². The number of nitro benzene ring substituents is 1. The van der Waals surface area contributed by atoms with Crippen LogP contribution in [0, 0.1) is 10.1 Å². The van der Waals surface area contributed by atoms with Gasteiger partial charge in [-0.1, -0.05) is 6.92 Å². The van der Waals surface area contributed by atoms with Crippen LogP contribution in [0.15, 0.2) is 18.2 Å². The second-order valence-electron chi connectivity index (χ2n) is 5.31. The summed E-state index contributed by atoms with van der Waals surface area (Å²) in [5.74, 6) is 0.228. The number of anilines is 1. The number of hydrogen-bond donors (Lipinski definition) is 2. The second kappa shape index (κ2) is 6.56. The van der Waals surface area contributed by atoms with Crippen LogP contribution in [0.5, 0.6) is 5.75 Å². The van der Waals surface area contributed by atoms with Gasteiger partial charge in [0.25, 0.3) is 0 Å². The summed E-state index contributed by atoms with van der Waals surface area (Å²) in [7, 11) is 0. The first-order chi connectivity index (χ1) is 9.25. The molecule has 2 N–H and O–H groups in total. The first kappa shape index (κ1) is 16.2. The van der Waals surface area contributed by atoms with E-state index in [1.54, 1.807) is 19.1 Å². The van der Waals surface area contributed by atoms with Gasteiger partial charge in [-0.25, -0.2) is 0 Å². The molecule has 0 aliphatic heterocycles. The van der Waals surface area contributed by atoms with Gasteiger partial charge in [0.1, 0.15) is 0 Å². The number of benzene rings is 1. The van der Waals surface area contributed by atoms with E-state index in [0.717, 1.165) is 0 Å². The van der Waals surface area contributed by atoms with Gasteiger partial charge in [-0.15, -0.1) is 0 Å². The van der Waals surface area contributed by atoms with Crippen LogP contribution < -0.4 is 10.1 Å². The molecule has 0 aliphatic carbocycles. The Labute approximate surface area is 118 Å². The van der Waals surface area contributed by atoms with Crippen LogP contribution in [0.4, 0.5) is 11.4 Å². The van der Waals surface area contributed by atoms with Gasteiger partial charge >= 0.3 is 5.69 Å². The summed E-state index contributed by atoms with van der Waals surface area (Å²) in [6.45, 7) is 7.61. The average Bonchev–Trinajstić information content (AvgIpc) is 2.35. The van der Waals surface area contributed by atoms with Gasteiger partial charge in [0.15, 0.2) is 5.75 Å². The van der Waals surface area contributed by atoms with Crippen molar-refractivity contribution in [2.24, 2.45) is 0 Å². The highest BCUT2D eigenvalue weighted by Crippen LogP contribution is 2.31. The number of nitrogens with one attached hydrogen (secondary N) is 1. The van der Waals surface area contributed by atoms with Gasteiger partial charge in [0, 0.05) is 24.4 Å². The monoisotopic (exact) mass is 282 g/mol. The summed E-state index contributed by atoms with van der Waals surface area (Å²) < 4.78 is 5.46. The lowest BCUT2D eigenvalue weighted by molar-refractivity contribution is -0.386. The van der Waals surface area contributed by atoms with Crippen LogP contribution >= 0.6 is 0 Å². The predicted molar refractivity (Wildman–Crippen MR) is 78.3 cm³/mol. The molecule has 0 bridgehead atoms. The molecule has 6 heteroatoms. The lowest BCUT2D eigenvalue weighted by Gasteiger charge is -2.22. The van der Waals surface area contributed by atoms with Gasteiger partial charge in [0.05, 0.1) is 16.6 Å². The molecule has 20 heavy (non-hydrogen) atoms. The first-order valence-corrected chi connectivity index (χ1v) is 6.66. The topological polar surface area (TPSA) is 84.6 Å². The minimum Gasteiger partial charge on any atom is -0.484 e. The predicted octanol–water partition coefficient (Wildman–Crippen LogP) is 2.95. The molecule has 1 atom stereocenters.